The van der Waals surface area contributed by atoms with Crippen LogP contribution in [0.15, 0.2) is 33.8 Å². The van der Waals surface area contributed by atoms with Crippen LogP contribution in [0.2, 0.25) is 5.02 Å². The van der Waals surface area contributed by atoms with Gasteiger partial charge in [0, 0.05) is 36.6 Å². The van der Waals surface area contributed by atoms with Crippen LogP contribution >= 0.6 is 11.6 Å². The molecule has 1 aromatic heterocycles. The van der Waals surface area contributed by atoms with E-state index in [1.807, 2.05) is 24.3 Å². The van der Waals surface area contributed by atoms with Gasteiger partial charge in [-0.05, 0) is 49.9 Å². The van der Waals surface area contributed by atoms with E-state index < -0.39 is 0 Å². The van der Waals surface area contributed by atoms with Crippen molar-refractivity contribution in [1.29, 1.82) is 0 Å². The molecule has 0 aliphatic carbocycles. The summed E-state index contributed by atoms with van der Waals surface area (Å²) in [6.45, 7) is 8.01. The summed E-state index contributed by atoms with van der Waals surface area (Å²) in [5.41, 5.74) is 0.892. The smallest absolute Gasteiger partial charge is 0.228 e. The molecule has 1 fully saturated rings. The van der Waals surface area contributed by atoms with Crippen molar-refractivity contribution in [3.05, 3.63) is 35.2 Å². The van der Waals surface area contributed by atoms with Crippen molar-refractivity contribution in [3.8, 4) is 11.4 Å². The van der Waals surface area contributed by atoms with E-state index in [0.717, 1.165) is 31.2 Å². The zero-order chi connectivity index (χ0) is 18.4. The first-order chi connectivity index (χ1) is 12.7. The van der Waals surface area contributed by atoms with E-state index in [9.17, 15) is 0 Å². The van der Waals surface area contributed by atoms with Crippen molar-refractivity contribution in [1.82, 2.24) is 20.4 Å². The number of hydrogen-bond acceptors (Lipinski definition) is 4. The second kappa shape index (κ2) is 9.03. The highest BCUT2D eigenvalue weighted by atomic mass is 35.5. The molecule has 2 aromatic rings. The molecule has 0 spiro atoms. The Morgan fingerprint density at radius 2 is 2.19 bits per heavy atom. The van der Waals surface area contributed by atoms with Crippen molar-refractivity contribution in [3.63, 3.8) is 0 Å². The van der Waals surface area contributed by atoms with Gasteiger partial charge in [0.1, 0.15) is 0 Å². The Kier molecular flexibility index (Phi) is 6.50. The second-order valence-corrected chi connectivity index (χ2v) is 7.13. The fourth-order valence-corrected chi connectivity index (χ4v) is 3.26. The van der Waals surface area contributed by atoms with E-state index in [1.165, 1.54) is 12.8 Å². The quantitative estimate of drug-likeness (QED) is 0.638. The lowest BCUT2D eigenvalue weighted by Gasteiger charge is -2.33. The molecule has 2 heterocycles. The fourth-order valence-electron chi connectivity index (χ4n) is 3.14. The zero-order valence-corrected chi connectivity index (χ0v) is 16.2. The van der Waals surface area contributed by atoms with E-state index in [-0.39, 0.29) is 0 Å². The third kappa shape index (κ3) is 4.97. The van der Waals surface area contributed by atoms with Gasteiger partial charge in [-0.2, -0.15) is 4.98 Å². The number of nitrogens with zero attached hydrogens (tertiary/aromatic N) is 4. The maximum Gasteiger partial charge on any atom is 0.228 e. The first-order valence-electron chi connectivity index (χ1n) is 9.27. The summed E-state index contributed by atoms with van der Waals surface area (Å²) in [7, 11) is 0. The lowest BCUT2D eigenvalue weighted by atomic mass is 10.0. The summed E-state index contributed by atoms with van der Waals surface area (Å²) in [6.07, 6.45) is 3.14. The molecule has 26 heavy (non-hydrogen) atoms. The van der Waals surface area contributed by atoms with Gasteiger partial charge in [-0.3, -0.25) is 4.99 Å². The van der Waals surface area contributed by atoms with Crippen LogP contribution in [0.25, 0.3) is 11.4 Å². The largest absolute Gasteiger partial charge is 0.357 e. The number of rotatable bonds is 5. The highest BCUT2D eigenvalue weighted by molar-refractivity contribution is 6.30. The van der Waals surface area contributed by atoms with Gasteiger partial charge in [-0.15, -0.1) is 0 Å². The van der Waals surface area contributed by atoms with Crippen LogP contribution in [0.4, 0.5) is 0 Å². The van der Waals surface area contributed by atoms with Crippen LogP contribution < -0.4 is 5.32 Å². The zero-order valence-electron chi connectivity index (χ0n) is 15.4. The molecule has 1 unspecified atom stereocenters. The van der Waals surface area contributed by atoms with Gasteiger partial charge in [-0.1, -0.05) is 23.7 Å². The minimum atomic E-state index is 0.581. The van der Waals surface area contributed by atoms with Gasteiger partial charge in [0.05, 0.1) is 6.54 Å². The summed E-state index contributed by atoms with van der Waals surface area (Å²) in [5, 5.41) is 8.13. The maximum absolute atomic E-state index is 5.91. The number of aromatic nitrogens is 2. The highest BCUT2D eigenvalue weighted by Crippen LogP contribution is 2.19. The predicted molar refractivity (Wildman–Crippen MR) is 104 cm³/mol. The molecule has 3 rings (SSSR count). The molecule has 1 atom stereocenters. The number of guanidine groups is 1. The van der Waals surface area contributed by atoms with Crippen LogP contribution in [0.5, 0.6) is 0 Å². The molecule has 6 nitrogen and oxygen atoms in total. The Morgan fingerprint density at radius 1 is 1.38 bits per heavy atom. The molecule has 0 radical (unpaired) electrons. The molecule has 0 saturated carbocycles. The molecule has 1 aliphatic rings. The average molecular weight is 376 g/mol. The molecule has 0 amide bonds. The van der Waals surface area contributed by atoms with Crippen molar-refractivity contribution in [2.24, 2.45) is 10.9 Å². The monoisotopic (exact) mass is 375 g/mol. The molecule has 1 aromatic carbocycles. The van der Waals surface area contributed by atoms with Crippen LogP contribution in [0, 0.1) is 5.92 Å². The molecule has 0 bridgehead atoms. The van der Waals surface area contributed by atoms with Gasteiger partial charge in [0.25, 0.3) is 0 Å². The molecular weight excluding hydrogens is 350 g/mol. The summed E-state index contributed by atoms with van der Waals surface area (Å²) in [4.78, 5) is 11.6. The lowest BCUT2D eigenvalue weighted by molar-refractivity contribution is 0.266. The van der Waals surface area contributed by atoms with Gasteiger partial charge in [-0.25, -0.2) is 0 Å². The Bertz CT molecular complexity index is 728. The molecule has 1 saturated heterocycles. The summed E-state index contributed by atoms with van der Waals surface area (Å²) >= 11 is 5.91. The van der Waals surface area contributed by atoms with Gasteiger partial charge in [0.15, 0.2) is 5.96 Å². The van der Waals surface area contributed by atoms with Crippen LogP contribution in [-0.4, -0.2) is 47.2 Å². The van der Waals surface area contributed by atoms with E-state index in [0.29, 0.717) is 35.6 Å². The molecule has 7 heteroatoms. The Hall–Kier alpha value is -2.08. The number of benzene rings is 1. The van der Waals surface area contributed by atoms with E-state index in [1.54, 1.807) is 0 Å². The summed E-state index contributed by atoms with van der Waals surface area (Å²) in [5.74, 6) is 2.88. The predicted octanol–water partition coefficient (Wildman–Crippen LogP) is 3.63. The van der Waals surface area contributed by atoms with E-state index >= 15 is 0 Å². The lowest BCUT2D eigenvalue weighted by Crippen LogP contribution is -2.46. The van der Waals surface area contributed by atoms with Crippen molar-refractivity contribution in [2.45, 2.75) is 33.1 Å². The number of piperidine rings is 1. The van der Waals surface area contributed by atoms with E-state index in [4.69, 9.17) is 21.1 Å². The number of aliphatic imine (C=N–C) groups is 1. The molecule has 1 aliphatic heterocycles. The minimum Gasteiger partial charge on any atom is -0.357 e. The van der Waals surface area contributed by atoms with Crippen molar-refractivity contribution in [2.75, 3.05) is 26.2 Å². The SMILES string of the molecule is CCNC(=NCCc1nc(-c2ccc(Cl)cc2)no1)N1CCCC(C)C1. The second-order valence-electron chi connectivity index (χ2n) is 6.70. The molecule has 1 N–H and O–H groups in total. The number of hydrogen-bond donors (Lipinski definition) is 1. The van der Waals surface area contributed by atoms with Gasteiger partial charge >= 0.3 is 0 Å². The van der Waals surface area contributed by atoms with Crippen molar-refractivity contribution >= 4 is 17.6 Å². The van der Waals surface area contributed by atoms with E-state index in [2.05, 4.69) is 34.2 Å². The molecular formula is C19H26ClN5O. The third-order valence-electron chi connectivity index (χ3n) is 4.45. The maximum atomic E-state index is 5.91. The first kappa shape index (κ1) is 18.7. The van der Waals surface area contributed by atoms with Gasteiger partial charge in [0.2, 0.25) is 11.7 Å². The highest BCUT2D eigenvalue weighted by Gasteiger charge is 2.19. The first-order valence-corrected chi connectivity index (χ1v) is 9.65. The van der Waals surface area contributed by atoms with Crippen LogP contribution in [0.3, 0.4) is 0 Å². The minimum absolute atomic E-state index is 0.581. The normalized spacial score (nSPS) is 18.2. The number of halogens is 1. The third-order valence-corrected chi connectivity index (χ3v) is 4.70. The molecule has 140 valence electrons. The topological polar surface area (TPSA) is 66.5 Å². The fraction of sp³-hybridized carbons (Fsp3) is 0.526. The van der Waals surface area contributed by atoms with Crippen molar-refractivity contribution < 1.29 is 4.52 Å². The standard InChI is InChI=1S/C19H26ClN5O/c1-3-21-19(25-12-4-5-14(2)13-25)22-11-10-17-23-18(24-26-17)15-6-8-16(20)9-7-15/h6-9,14H,3-5,10-13H2,1-2H3,(H,21,22). The Balaban J connectivity index is 1.60. The summed E-state index contributed by atoms with van der Waals surface area (Å²) < 4.78 is 5.36. The van der Waals surface area contributed by atoms with Crippen LogP contribution in [-0.2, 0) is 6.42 Å². The Morgan fingerprint density at radius 3 is 2.92 bits per heavy atom. The Labute approximate surface area is 159 Å². The number of nitrogens with one attached hydrogen (secondary N) is 1. The van der Waals surface area contributed by atoms with Crippen LogP contribution in [0.1, 0.15) is 32.6 Å². The number of likely N-dealkylation sites (tertiary alicyclic amines) is 1. The average Bonchev–Trinajstić information content (AvgIpc) is 3.10. The summed E-state index contributed by atoms with van der Waals surface area (Å²) in [6, 6.07) is 7.41. The van der Waals surface area contributed by atoms with Gasteiger partial charge < -0.3 is 14.7 Å².